The van der Waals surface area contributed by atoms with Crippen LogP contribution in [0.3, 0.4) is 0 Å². The second kappa shape index (κ2) is 40.0. The lowest BCUT2D eigenvalue weighted by Crippen LogP contribution is -2.49. The Labute approximate surface area is 636 Å². The van der Waals surface area contributed by atoms with Crippen LogP contribution >= 0.6 is 0 Å². The van der Waals surface area contributed by atoms with E-state index in [0.717, 1.165) is 129 Å². The number of para-hydroxylation sites is 6. The number of halogens is 6. The predicted molar refractivity (Wildman–Crippen MR) is 399 cm³/mol. The van der Waals surface area contributed by atoms with E-state index >= 15 is 0 Å². The fourth-order valence-corrected chi connectivity index (χ4v) is 11.8. The summed E-state index contributed by atoms with van der Waals surface area (Å²) in [6.45, 7) is 9.27. The third-order valence-electron chi connectivity index (χ3n) is 16.4. The number of carbonyl (C=O) groups is 6. The van der Waals surface area contributed by atoms with Crippen LogP contribution in [-0.4, -0.2) is 160 Å². The van der Waals surface area contributed by atoms with Gasteiger partial charge in [0.25, 0.3) is 21.9 Å². The number of aromatic carboxylic acids is 2. The molecule has 0 saturated carbocycles. The molecule has 2 amide bonds. The second-order valence-corrected chi connectivity index (χ2v) is 26.0. The Morgan fingerprint density at radius 1 is 0.554 bits per heavy atom. The molecule has 9 aromatic carbocycles. The normalized spacial score (nSPS) is 14.2. The Morgan fingerprint density at radius 2 is 1.02 bits per heavy atom. The van der Waals surface area contributed by atoms with Gasteiger partial charge in [-0.05, 0) is 151 Å². The first-order chi connectivity index (χ1) is 53.4. The summed E-state index contributed by atoms with van der Waals surface area (Å²) in [5, 5.41) is 46.6. The van der Waals surface area contributed by atoms with Gasteiger partial charge in [0, 0.05) is 74.4 Å². The predicted octanol–water partition coefficient (Wildman–Crippen LogP) is 13.7. The third-order valence-corrected chi connectivity index (χ3v) is 17.7. The molecule has 7 N–H and O–H groups in total. The van der Waals surface area contributed by atoms with Gasteiger partial charge in [0.05, 0.1) is 98.4 Å². The van der Waals surface area contributed by atoms with Gasteiger partial charge in [0.2, 0.25) is 0 Å². The zero-order valence-electron chi connectivity index (χ0n) is 59.3. The van der Waals surface area contributed by atoms with Gasteiger partial charge in [-0.25, -0.2) is 24.1 Å². The van der Waals surface area contributed by atoms with Crippen LogP contribution in [0, 0.1) is 6.92 Å². The van der Waals surface area contributed by atoms with E-state index in [9.17, 15) is 73.7 Å². The maximum absolute atomic E-state index is 12.8. The molecule has 2 saturated heterocycles. The average molecular weight is 1570 g/mol. The molecule has 0 radical (unpaired) electrons. The lowest BCUT2D eigenvalue weighted by atomic mass is 10.1. The number of hydrogen-bond donors (Lipinski definition) is 6. The number of nitrogens with two attached hydrogens (primary N) is 1. The Morgan fingerprint density at radius 3 is 1.53 bits per heavy atom. The summed E-state index contributed by atoms with van der Waals surface area (Å²) in [5.74, 6) is -2.16. The van der Waals surface area contributed by atoms with E-state index in [2.05, 4.69) is 67.2 Å². The zero-order chi connectivity index (χ0) is 81.1. The summed E-state index contributed by atoms with van der Waals surface area (Å²) in [7, 11) is -3.89. The molecule has 112 heavy (non-hydrogen) atoms. The van der Waals surface area contributed by atoms with Gasteiger partial charge in [0.1, 0.15) is 11.5 Å². The van der Waals surface area contributed by atoms with Gasteiger partial charge in [-0.15, -0.1) is 0 Å². The lowest BCUT2D eigenvalue weighted by molar-refractivity contribution is -0.138. The minimum atomic E-state index is -4.62. The maximum Gasteiger partial charge on any atom is 0.416 e. The van der Waals surface area contributed by atoms with Crippen molar-refractivity contribution in [3.8, 4) is 23.0 Å². The quantitative estimate of drug-likeness (QED) is 0.00504. The fourth-order valence-electron chi connectivity index (χ4n) is 10.9. The number of alkyl halides is 6. The number of aliphatic hydroxyl groups is 2. The first-order valence-electron chi connectivity index (χ1n) is 33.8. The molecule has 2 unspecified atom stereocenters. The Kier molecular flexibility index (Phi) is 30.3. The summed E-state index contributed by atoms with van der Waals surface area (Å²) in [5.41, 5.74) is 22.6. The number of nitrogens with zero attached hydrogens (tertiary/aromatic N) is 10. The molecule has 4 aliphatic rings. The Bertz CT molecular complexity index is 4990. The largest absolute Gasteiger partial charge is 0.478 e. The van der Waals surface area contributed by atoms with Crippen molar-refractivity contribution in [2.75, 3.05) is 99.0 Å². The second-order valence-electron chi connectivity index (χ2n) is 24.4. The molecule has 2 atom stereocenters. The van der Waals surface area contributed by atoms with Crippen LogP contribution in [0.5, 0.6) is 23.0 Å². The molecule has 28 nitrogen and oxygen atoms in total. The number of nitrogens with one attached hydrogen (secondary N) is 1. The number of rotatable bonds is 19. The molecular formula is C77H72F6N12O16S. The van der Waals surface area contributed by atoms with E-state index < -0.39 is 88.1 Å². The maximum atomic E-state index is 12.8. The highest BCUT2D eigenvalue weighted by Crippen LogP contribution is 2.37. The number of esters is 2. The number of fused-ring (bicyclic) bond motifs is 2. The monoisotopic (exact) mass is 1570 g/mol. The van der Waals surface area contributed by atoms with E-state index in [4.69, 9.17) is 36.5 Å². The topological polar surface area (TPSA) is 403 Å². The van der Waals surface area contributed by atoms with E-state index in [1.807, 2.05) is 97.9 Å². The molecule has 4 aliphatic heterocycles. The van der Waals surface area contributed by atoms with Crippen LogP contribution in [0.4, 0.5) is 49.1 Å². The highest BCUT2D eigenvalue weighted by molar-refractivity contribution is 7.86. The van der Waals surface area contributed by atoms with Crippen molar-refractivity contribution >= 4 is 68.6 Å². The summed E-state index contributed by atoms with van der Waals surface area (Å²) in [4.78, 5) is 80.8. The minimum Gasteiger partial charge on any atom is -0.478 e. The van der Waals surface area contributed by atoms with Gasteiger partial charge < -0.3 is 55.5 Å². The van der Waals surface area contributed by atoms with Crippen molar-refractivity contribution in [1.29, 1.82) is 0 Å². The zero-order valence-corrected chi connectivity index (χ0v) is 60.2. The molecule has 4 heterocycles. The highest BCUT2D eigenvalue weighted by atomic mass is 32.2. The number of azide groups is 2. The smallest absolute Gasteiger partial charge is 0.416 e. The molecule has 13 rings (SSSR count). The minimum absolute atomic E-state index is 0.00917. The lowest BCUT2D eigenvalue weighted by Gasteiger charge is -2.37. The number of carboxylic acids is 2. The molecule has 0 bridgehead atoms. The van der Waals surface area contributed by atoms with E-state index in [0.29, 0.717) is 17.5 Å². The van der Waals surface area contributed by atoms with Gasteiger partial charge in [0.15, 0.2) is 11.5 Å². The van der Waals surface area contributed by atoms with Gasteiger partial charge in [-0.1, -0.05) is 101 Å². The average Bonchev–Trinajstić information content (AvgIpc) is 1.61. The van der Waals surface area contributed by atoms with E-state index in [-0.39, 0.29) is 62.7 Å². The number of amides is 2. The van der Waals surface area contributed by atoms with Crippen LogP contribution < -0.4 is 35.2 Å². The summed E-state index contributed by atoms with van der Waals surface area (Å²) < 4.78 is 119. The van der Waals surface area contributed by atoms with Crippen molar-refractivity contribution < 1.29 is 102 Å². The van der Waals surface area contributed by atoms with Gasteiger partial charge in [-0.2, -0.15) is 34.8 Å². The number of carbonyl (C=O) groups excluding carboxylic acids is 4. The van der Waals surface area contributed by atoms with Crippen LogP contribution in [0.2, 0.25) is 0 Å². The van der Waals surface area contributed by atoms with Crippen molar-refractivity contribution in [3.63, 3.8) is 0 Å². The number of hydrogen-bond acceptors (Lipinski definition) is 21. The Balaban J connectivity index is 0.000000172. The molecule has 0 aliphatic carbocycles. The Hall–Kier alpha value is -12.9. The highest BCUT2D eigenvalue weighted by Gasteiger charge is 2.39. The number of carboxylic acid groups (broad SMARTS) is 2. The number of ether oxygens (including phenoxy) is 3. The molecule has 0 spiro atoms. The number of nitrogen functional groups attached to an aromatic ring is 1. The molecule has 2 fully saturated rings. The fraction of sp³-hybridized carbons (Fsp3) is 0.221. The van der Waals surface area contributed by atoms with Crippen LogP contribution in [0.25, 0.3) is 20.9 Å². The van der Waals surface area contributed by atoms with Crippen LogP contribution in [0.1, 0.15) is 78.8 Å². The molecular weight excluding hydrogens is 1490 g/mol. The molecule has 35 heteroatoms. The summed E-state index contributed by atoms with van der Waals surface area (Å²) in [6.07, 6.45) is -10.7. The third kappa shape index (κ3) is 24.6. The number of aryl methyl sites for hydroxylation is 1. The number of imide groups is 1. The first-order valence-corrected chi connectivity index (χ1v) is 35.3. The summed E-state index contributed by atoms with van der Waals surface area (Å²) in [6, 6.07) is 57.5. The van der Waals surface area contributed by atoms with Crippen LogP contribution in [0.15, 0.2) is 234 Å². The van der Waals surface area contributed by atoms with Crippen LogP contribution in [-0.2, 0) is 31.4 Å². The first kappa shape index (κ1) is 84.8. The van der Waals surface area contributed by atoms with E-state index in [1.165, 1.54) is 54.2 Å². The van der Waals surface area contributed by atoms with Crippen molar-refractivity contribution in [2.45, 2.75) is 36.4 Å². The van der Waals surface area contributed by atoms with Crippen molar-refractivity contribution in [3.05, 3.63) is 289 Å². The number of piperazine rings is 2. The molecule has 9 aromatic rings. The van der Waals surface area contributed by atoms with Gasteiger partial charge >= 0.3 is 36.2 Å². The molecule has 584 valence electrons. The summed E-state index contributed by atoms with van der Waals surface area (Å²) >= 11 is 0. The number of benzene rings is 9. The number of cyclic esters (lactones) is 2. The number of anilines is 4. The number of aliphatic hydroxyl groups excluding tert-OH is 2. The SMILES string of the molecule is Cc1ccc(S(=O)(=O)OCC(O)CN=[N+]=[N-])cc1.Nc1cccc(C(F)(F)F)c1.O=C(O)c1ccc2c(c1)C(=O)N(c1cccc(C(F)(F)F)c1)C2=O.O=C(O)c1ccc2c(c1)C(=O)OC2=O.[N-]=[N+]=NCC(O)CN1CCN(c2ccccc2Oc2ccccc2)CC1.c1ccc(Oc2ccccc2N2CCNCC2)cc1. The van der Waals surface area contributed by atoms with Gasteiger partial charge in [-0.3, -0.25) is 18.7 Å². The van der Waals surface area contributed by atoms with Crippen molar-refractivity contribution in [1.82, 2.24) is 10.2 Å². The van der Waals surface area contributed by atoms with Crippen molar-refractivity contribution in [2.24, 2.45) is 10.2 Å². The standard InChI is InChI=1S/C19H23N5O2.C16H8F3NO4.C16H18N2O.C10H13N3O4S.C9H4O5.C7H6F3N/c20-22-21-14-16(25)15-23-10-12-24(13-11-23)18-8-4-5-9-19(18)26-17-6-2-1-3-7-17;17-16(18,19)9-2-1-3-10(7-9)20-13(21)11-5-4-8(15(23)24)6-12(11)14(20)22;1-2-6-14(7-3-1)19-16-9-5-4-8-15(16)18-12-10-17-11-13-18;1-8-2-4-10(5-3-8)18(15,16)17-7-9(14)6-12-13-11;10-7(11)4-1-2-5-6(3-4)9(13)14-8(5)12;8-7(9,10)5-2-1-3-6(11)4-5/h1-9,16,25H,10-15H2;1-7H,(H,23,24);1-9,17H,10-13H2;2-5,9,14H,6-7H2,1H3;1-3H,(H,10,11);1-4H,11H2. The number of β-amino-alcohol motifs (C(OH)–C–C–N with tert-alkyl or cyclic N) is 1. The van der Waals surface area contributed by atoms with E-state index in [1.54, 1.807) is 12.1 Å². The molecule has 0 aromatic heterocycles.